The van der Waals surface area contributed by atoms with Gasteiger partial charge in [0.1, 0.15) is 0 Å². The SMILES string of the molecule is Cc1cc(N2C(=O)[C@@H]3[C@@H](C2=O)[C@H]2CC[C@H]3O2)nn1Cc1cccc(Cl)c1. The highest BCUT2D eigenvalue weighted by Crippen LogP contribution is 2.49. The third-order valence-corrected chi connectivity index (χ3v) is 5.94. The number of carbonyl (C=O) groups is 2. The van der Waals surface area contributed by atoms with Gasteiger partial charge in [-0.2, -0.15) is 5.10 Å². The summed E-state index contributed by atoms with van der Waals surface area (Å²) in [5.41, 5.74) is 1.90. The van der Waals surface area contributed by atoms with E-state index in [-0.39, 0.29) is 35.9 Å². The van der Waals surface area contributed by atoms with Crippen molar-refractivity contribution < 1.29 is 14.3 Å². The normalized spacial score (nSPS) is 29.7. The average molecular weight is 372 g/mol. The van der Waals surface area contributed by atoms with Crippen LogP contribution < -0.4 is 4.90 Å². The molecule has 1 aromatic heterocycles. The number of hydrogen-bond donors (Lipinski definition) is 0. The standard InChI is InChI=1S/C19H18ClN3O3/c1-10-7-15(21-22(10)9-11-3-2-4-12(20)8-11)23-18(24)16-13-5-6-14(26-13)17(16)19(23)25/h2-4,7-8,13-14,16-17H,5-6,9H2,1H3/t13-,14-,16+,17+/m1/s1. The fourth-order valence-corrected chi connectivity index (χ4v) is 4.72. The van der Waals surface area contributed by atoms with Crippen LogP contribution in [-0.4, -0.2) is 33.8 Å². The van der Waals surface area contributed by atoms with E-state index < -0.39 is 0 Å². The number of hydrogen-bond acceptors (Lipinski definition) is 4. The van der Waals surface area contributed by atoms with Crippen molar-refractivity contribution in [2.24, 2.45) is 11.8 Å². The maximum absolute atomic E-state index is 12.9. The zero-order chi connectivity index (χ0) is 18.0. The predicted octanol–water partition coefficient (Wildman–Crippen LogP) is 2.56. The van der Waals surface area contributed by atoms with Gasteiger partial charge < -0.3 is 4.74 Å². The van der Waals surface area contributed by atoms with Crippen molar-refractivity contribution in [3.63, 3.8) is 0 Å². The van der Waals surface area contributed by atoms with Crippen molar-refractivity contribution in [1.29, 1.82) is 0 Å². The van der Waals surface area contributed by atoms with Crippen LogP contribution in [0.2, 0.25) is 5.02 Å². The van der Waals surface area contributed by atoms with Crippen molar-refractivity contribution >= 4 is 29.2 Å². The zero-order valence-corrected chi connectivity index (χ0v) is 15.0. The van der Waals surface area contributed by atoms with Gasteiger partial charge in [0.2, 0.25) is 11.8 Å². The molecule has 0 radical (unpaired) electrons. The van der Waals surface area contributed by atoms with Crippen LogP contribution >= 0.6 is 11.6 Å². The topological polar surface area (TPSA) is 64.4 Å². The van der Waals surface area contributed by atoms with Crippen molar-refractivity contribution in [2.45, 2.75) is 38.5 Å². The fourth-order valence-electron chi connectivity index (χ4n) is 4.51. The largest absolute Gasteiger partial charge is 0.373 e. The lowest BCUT2D eigenvalue weighted by molar-refractivity contribution is -0.124. The summed E-state index contributed by atoms with van der Waals surface area (Å²) in [6, 6.07) is 9.36. The Morgan fingerprint density at radius 1 is 1.15 bits per heavy atom. The lowest BCUT2D eigenvalue weighted by Gasteiger charge is -2.15. The maximum Gasteiger partial charge on any atom is 0.241 e. The summed E-state index contributed by atoms with van der Waals surface area (Å²) in [5, 5.41) is 5.20. The molecule has 3 aliphatic heterocycles. The maximum atomic E-state index is 12.9. The second kappa shape index (κ2) is 5.66. The smallest absolute Gasteiger partial charge is 0.241 e. The summed E-state index contributed by atoms with van der Waals surface area (Å²) < 4.78 is 7.57. The Hall–Kier alpha value is -2.18. The number of carbonyl (C=O) groups excluding carboxylic acids is 2. The van der Waals surface area contributed by atoms with Crippen molar-refractivity contribution in [3.05, 3.63) is 46.6 Å². The van der Waals surface area contributed by atoms with Crippen LogP contribution in [0, 0.1) is 18.8 Å². The Bertz CT molecular complexity index is 897. The number of benzene rings is 1. The number of aromatic nitrogens is 2. The molecular formula is C19H18ClN3O3. The van der Waals surface area contributed by atoms with Crippen LogP contribution in [0.4, 0.5) is 5.82 Å². The van der Waals surface area contributed by atoms with Crippen molar-refractivity contribution in [3.8, 4) is 0 Å². The van der Waals surface area contributed by atoms with Gasteiger partial charge in [0, 0.05) is 16.8 Å². The van der Waals surface area contributed by atoms with Crippen LogP contribution in [0.5, 0.6) is 0 Å². The summed E-state index contributed by atoms with van der Waals surface area (Å²) in [6.45, 7) is 2.45. The molecule has 0 unspecified atom stereocenters. The first kappa shape index (κ1) is 16.0. The lowest BCUT2D eigenvalue weighted by Crippen LogP contribution is -2.34. The Morgan fingerprint density at radius 3 is 2.50 bits per heavy atom. The molecule has 3 aliphatic rings. The van der Waals surface area contributed by atoms with Gasteiger partial charge in [0.25, 0.3) is 0 Å². The average Bonchev–Trinajstić information content (AvgIpc) is 3.33. The molecule has 0 N–H and O–H groups in total. The summed E-state index contributed by atoms with van der Waals surface area (Å²) in [6.07, 6.45) is 1.50. The molecule has 2 amide bonds. The van der Waals surface area contributed by atoms with E-state index in [2.05, 4.69) is 5.10 Å². The molecule has 2 aromatic rings. The number of fused-ring (bicyclic) bond motifs is 5. The summed E-state index contributed by atoms with van der Waals surface area (Å²) in [4.78, 5) is 27.0. The Morgan fingerprint density at radius 2 is 1.85 bits per heavy atom. The van der Waals surface area contributed by atoms with Crippen LogP contribution in [0.15, 0.2) is 30.3 Å². The van der Waals surface area contributed by atoms with Gasteiger partial charge in [0.15, 0.2) is 5.82 Å². The number of ether oxygens (including phenoxy) is 1. The minimum Gasteiger partial charge on any atom is -0.373 e. The van der Waals surface area contributed by atoms with E-state index in [0.29, 0.717) is 17.4 Å². The molecule has 7 heteroatoms. The van der Waals surface area contributed by atoms with E-state index in [4.69, 9.17) is 16.3 Å². The number of rotatable bonds is 3. The number of aryl methyl sites for hydroxylation is 1. The number of nitrogens with zero attached hydrogens (tertiary/aromatic N) is 3. The highest BCUT2D eigenvalue weighted by molar-refractivity contribution is 6.30. The van der Waals surface area contributed by atoms with Gasteiger partial charge >= 0.3 is 0 Å². The van der Waals surface area contributed by atoms with Gasteiger partial charge in [-0.05, 0) is 37.5 Å². The van der Waals surface area contributed by atoms with Crippen LogP contribution in [0.25, 0.3) is 0 Å². The summed E-state index contributed by atoms with van der Waals surface area (Å²) in [5.74, 6) is -0.591. The summed E-state index contributed by atoms with van der Waals surface area (Å²) in [7, 11) is 0. The van der Waals surface area contributed by atoms with Crippen molar-refractivity contribution in [2.75, 3.05) is 4.90 Å². The number of halogens is 1. The molecule has 0 aliphatic carbocycles. The summed E-state index contributed by atoms with van der Waals surface area (Å²) >= 11 is 6.05. The molecule has 26 heavy (non-hydrogen) atoms. The highest BCUT2D eigenvalue weighted by atomic mass is 35.5. The van der Waals surface area contributed by atoms with E-state index in [1.165, 1.54) is 4.90 Å². The Labute approximate surface area is 155 Å². The van der Waals surface area contributed by atoms with E-state index in [0.717, 1.165) is 24.1 Å². The Kier molecular flexibility index (Phi) is 3.49. The molecule has 2 bridgehead atoms. The molecule has 3 saturated heterocycles. The minimum atomic E-state index is -0.334. The molecule has 4 atom stereocenters. The molecule has 5 rings (SSSR count). The lowest BCUT2D eigenvalue weighted by atomic mass is 9.81. The van der Waals surface area contributed by atoms with Gasteiger partial charge in [-0.15, -0.1) is 0 Å². The van der Waals surface area contributed by atoms with Gasteiger partial charge in [-0.25, -0.2) is 4.90 Å². The third kappa shape index (κ3) is 2.25. The molecule has 0 saturated carbocycles. The molecule has 0 spiro atoms. The number of anilines is 1. The minimum absolute atomic E-state index is 0.110. The van der Waals surface area contributed by atoms with E-state index in [1.54, 1.807) is 10.7 Å². The fraction of sp³-hybridized carbons (Fsp3) is 0.421. The van der Waals surface area contributed by atoms with Crippen LogP contribution in [-0.2, 0) is 20.9 Å². The third-order valence-electron chi connectivity index (χ3n) is 5.70. The van der Waals surface area contributed by atoms with Gasteiger partial charge in [-0.1, -0.05) is 23.7 Å². The van der Waals surface area contributed by atoms with Gasteiger partial charge in [-0.3, -0.25) is 14.3 Å². The number of imide groups is 1. The zero-order valence-electron chi connectivity index (χ0n) is 14.3. The molecular weight excluding hydrogens is 354 g/mol. The number of amides is 2. The first-order chi connectivity index (χ1) is 12.5. The Balaban J connectivity index is 1.44. The van der Waals surface area contributed by atoms with E-state index in [9.17, 15) is 9.59 Å². The molecule has 6 nitrogen and oxygen atoms in total. The second-order valence-electron chi connectivity index (χ2n) is 7.29. The molecule has 134 valence electrons. The van der Waals surface area contributed by atoms with Gasteiger partial charge in [0.05, 0.1) is 30.6 Å². The first-order valence-corrected chi connectivity index (χ1v) is 9.23. The molecule has 1 aromatic carbocycles. The van der Waals surface area contributed by atoms with Crippen LogP contribution in [0.1, 0.15) is 24.1 Å². The van der Waals surface area contributed by atoms with Crippen LogP contribution in [0.3, 0.4) is 0 Å². The predicted molar refractivity (Wildman–Crippen MR) is 94.9 cm³/mol. The first-order valence-electron chi connectivity index (χ1n) is 8.85. The molecule has 3 fully saturated rings. The van der Waals surface area contributed by atoms with E-state index >= 15 is 0 Å². The monoisotopic (exact) mass is 371 g/mol. The quantitative estimate of drug-likeness (QED) is 0.778. The van der Waals surface area contributed by atoms with Crippen molar-refractivity contribution in [1.82, 2.24) is 9.78 Å². The van der Waals surface area contributed by atoms with E-state index in [1.807, 2.05) is 31.2 Å². The second-order valence-corrected chi connectivity index (χ2v) is 7.72. The molecule has 4 heterocycles. The highest BCUT2D eigenvalue weighted by Gasteiger charge is 2.63.